The quantitative estimate of drug-likeness (QED) is 0.759. The van der Waals surface area contributed by atoms with Crippen LogP contribution < -0.4 is 4.74 Å². The molecule has 1 heterocycles. The van der Waals surface area contributed by atoms with Gasteiger partial charge in [-0.25, -0.2) is 0 Å². The van der Waals surface area contributed by atoms with Crippen molar-refractivity contribution in [1.29, 1.82) is 0 Å². The van der Waals surface area contributed by atoms with Crippen molar-refractivity contribution in [3.63, 3.8) is 0 Å². The lowest BCUT2D eigenvalue weighted by molar-refractivity contribution is -0.137. The van der Waals surface area contributed by atoms with Crippen LogP contribution in [-0.2, 0) is 12.6 Å². The molecule has 0 saturated carbocycles. The Morgan fingerprint density at radius 1 is 1.14 bits per heavy atom. The third kappa shape index (κ3) is 2.84. The summed E-state index contributed by atoms with van der Waals surface area (Å²) in [6.07, 6.45) is -2.76. The Hall–Kier alpha value is -2.30. The van der Waals surface area contributed by atoms with Crippen molar-refractivity contribution in [2.24, 2.45) is 0 Å². The van der Waals surface area contributed by atoms with E-state index in [9.17, 15) is 18.0 Å². The van der Waals surface area contributed by atoms with E-state index in [0.29, 0.717) is 29.7 Å². The Kier molecular flexibility index (Phi) is 3.64. The van der Waals surface area contributed by atoms with Crippen LogP contribution in [0.2, 0.25) is 0 Å². The van der Waals surface area contributed by atoms with Gasteiger partial charge in [0, 0.05) is 5.56 Å². The molecule has 1 unspecified atom stereocenters. The van der Waals surface area contributed by atoms with Gasteiger partial charge in [0.2, 0.25) is 0 Å². The zero-order valence-corrected chi connectivity index (χ0v) is 11.6. The second-order valence-electron chi connectivity index (χ2n) is 5.25. The molecule has 0 bridgehead atoms. The first-order valence-electron chi connectivity index (χ1n) is 6.89. The summed E-state index contributed by atoms with van der Waals surface area (Å²) in [5.74, 6) is 0.624. The first-order valence-corrected chi connectivity index (χ1v) is 6.89. The number of aldehydes is 1. The van der Waals surface area contributed by atoms with E-state index in [4.69, 9.17) is 4.74 Å². The Bertz CT molecular complexity index is 707. The lowest BCUT2D eigenvalue weighted by atomic mass is 9.95. The lowest BCUT2D eigenvalue weighted by Crippen LogP contribution is -2.16. The van der Waals surface area contributed by atoms with Crippen molar-refractivity contribution < 1.29 is 22.7 Å². The maximum Gasteiger partial charge on any atom is 0.416 e. The highest BCUT2D eigenvalue weighted by Crippen LogP contribution is 2.37. The van der Waals surface area contributed by atoms with Gasteiger partial charge in [-0.15, -0.1) is 0 Å². The average Bonchev–Trinajstić information content (AvgIpc) is 2.53. The summed E-state index contributed by atoms with van der Waals surface area (Å²) < 4.78 is 44.2. The summed E-state index contributed by atoms with van der Waals surface area (Å²) in [4.78, 5) is 10.8. The van der Waals surface area contributed by atoms with Crippen molar-refractivity contribution >= 4 is 6.29 Å². The SMILES string of the molecule is O=Cc1ccc2c(c1)CCC(c1cccc(C(F)(F)F)c1)O2. The molecule has 0 saturated heterocycles. The van der Waals surface area contributed by atoms with Gasteiger partial charge in [0.05, 0.1) is 5.56 Å². The van der Waals surface area contributed by atoms with Crippen LogP contribution in [0.4, 0.5) is 13.2 Å². The fourth-order valence-electron chi connectivity index (χ4n) is 2.63. The number of ether oxygens (including phenoxy) is 1. The predicted molar refractivity (Wildman–Crippen MR) is 75.0 cm³/mol. The van der Waals surface area contributed by atoms with Gasteiger partial charge in [-0.2, -0.15) is 13.2 Å². The van der Waals surface area contributed by atoms with Crippen molar-refractivity contribution in [2.75, 3.05) is 0 Å². The van der Waals surface area contributed by atoms with Gasteiger partial charge in [-0.05, 0) is 54.3 Å². The number of carbonyl (C=O) groups is 1. The van der Waals surface area contributed by atoms with Gasteiger partial charge in [-0.3, -0.25) is 4.79 Å². The first-order chi connectivity index (χ1) is 10.5. The molecule has 114 valence electrons. The summed E-state index contributed by atoms with van der Waals surface area (Å²) in [7, 11) is 0. The molecule has 1 aliphatic heterocycles. The largest absolute Gasteiger partial charge is 0.485 e. The van der Waals surface area contributed by atoms with Crippen LogP contribution in [-0.4, -0.2) is 6.29 Å². The highest BCUT2D eigenvalue weighted by atomic mass is 19.4. The molecule has 0 spiro atoms. The molecule has 0 amide bonds. The van der Waals surface area contributed by atoms with Crippen molar-refractivity contribution in [3.8, 4) is 5.75 Å². The van der Waals surface area contributed by atoms with Crippen LogP contribution in [0.25, 0.3) is 0 Å². The standard InChI is InChI=1S/C17H13F3O2/c18-17(19,20)14-3-1-2-12(9-14)16-7-5-13-8-11(10-21)4-6-15(13)22-16/h1-4,6,8-10,16H,5,7H2. The van der Waals surface area contributed by atoms with E-state index < -0.39 is 17.8 Å². The minimum atomic E-state index is -4.36. The van der Waals surface area contributed by atoms with Crippen LogP contribution >= 0.6 is 0 Å². The third-order valence-corrected chi connectivity index (χ3v) is 3.75. The Morgan fingerprint density at radius 3 is 2.68 bits per heavy atom. The van der Waals surface area contributed by atoms with E-state index in [-0.39, 0.29) is 0 Å². The minimum Gasteiger partial charge on any atom is -0.485 e. The maximum absolute atomic E-state index is 12.8. The third-order valence-electron chi connectivity index (χ3n) is 3.75. The number of aryl methyl sites for hydroxylation is 1. The predicted octanol–water partition coefficient (Wildman–Crippen LogP) is 4.58. The summed E-state index contributed by atoms with van der Waals surface area (Å²) in [6.45, 7) is 0. The molecule has 2 aromatic carbocycles. The van der Waals surface area contributed by atoms with Gasteiger partial charge in [-0.1, -0.05) is 12.1 Å². The molecule has 3 rings (SSSR count). The summed E-state index contributed by atoms with van der Waals surface area (Å²) in [5, 5.41) is 0. The van der Waals surface area contributed by atoms with Crippen LogP contribution in [0.15, 0.2) is 42.5 Å². The van der Waals surface area contributed by atoms with Crippen LogP contribution in [0, 0.1) is 0 Å². The fraction of sp³-hybridized carbons (Fsp3) is 0.235. The molecular weight excluding hydrogens is 293 g/mol. The number of hydrogen-bond donors (Lipinski definition) is 0. The summed E-state index contributed by atoms with van der Waals surface area (Å²) in [5.41, 5.74) is 1.32. The molecule has 1 aliphatic rings. The highest BCUT2D eigenvalue weighted by Gasteiger charge is 2.31. The van der Waals surface area contributed by atoms with E-state index in [1.54, 1.807) is 24.3 Å². The lowest BCUT2D eigenvalue weighted by Gasteiger charge is -2.27. The van der Waals surface area contributed by atoms with E-state index in [1.807, 2.05) is 0 Å². The van der Waals surface area contributed by atoms with Crippen molar-refractivity contribution in [1.82, 2.24) is 0 Å². The minimum absolute atomic E-state index is 0.406. The van der Waals surface area contributed by atoms with Gasteiger partial charge >= 0.3 is 6.18 Å². The molecule has 0 aliphatic carbocycles. The number of carbonyl (C=O) groups excluding carboxylic acids is 1. The Balaban J connectivity index is 1.87. The normalized spacial score (nSPS) is 17.5. The number of fused-ring (bicyclic) bond motifs is 1. The Morgan fingerprint density at radius 2 is 1.95 bits per heavy atom. The molecule has 0 fully saturated rings. The molecule has 0 radical (unpaired) electrons. The zero-order chi connectivity index (χ0) is 15.7. The molecule has 0 N–H and O–H groups in total. The average molecular weight is 306 g/mol. The van der Waals surface area contributed by atoms with Crippen molar-refractivity contribution in [3.05, 3.63) is 64.7 Å². The van der Waals surface area contributed by atoms with Crippen LogP contribution in [0.3, 0.4) is 0 Å². The molecular formula is C17H13F3O2. The number of rotatable bonds is 2. The molecule has 0 aromatic heterocycles. The molecule has 2 aromatic rings. The number of benzene rings is 2. The zero-order valence-electron chi connectivity index (χ0n) is 11.6. The van der Waals surface area contributed by atoms with Crippen LogP contribution in [0.5, 0.6) is 5.75 Å². The number of alkyl halides is 3. The maximum atomic E-state index is 12.8. The first kappa shape index (κ1) is 14.6. The molecule has 22 heavy (non-hydrogen) atoms. The monoisotopic (exact) mass is 306 g/mol. The van der Waals surface area contributed by atoms with E-state index in [1.165, 1.54) is 6.07 Å². The van der Waals surface area contributed by atoms with Gasteiger partial charge in [0.1, 0.15) is 18.1 Å². The van der Waals surface area contributed by atoms with Gasteiger partial charge < -0.3 is 4.74 Å². The number of hydrogen-bond acceptors (Lipinski definition) is 2. The van der Waals surface area contributed by atoms with Crippen molar-refractivity contribution in [2.45, 2.75) is 25.1 Å². The smallest absolute Gasteiger partial charge is 0.416 e. The fourth-order valence-corrected chi connectivity index (χ4v) is 2.63. The molecule has 2 nitrogen and oxygen atoms in total. The second kappa shape index (κ2) is 5.48. The van der Waals surface area contributed by atoms with Gasteiger partial charge in [0.25, 0.3) is 0 Å². The second-order valence-corrected chi connectivity index (χ2v) is 5.25. The van der Waals surface area contributed by atoms with E-state index >= 15 is 0 Å². The summed E-state index contributed by atoms with van der Waals surface area (Å²) in [6, 6.07) is 10.3. The van der Waals surface area contributed by atoms with E-state index in [0.717, 1.165) is 24.0 Å². The van der Waals surface area contributed by atoms with Gasteiger partial charge in [0.15, 0.2) is 0 Å². The van der Waals surface area contributed by atoms with E-state index in [2.05, 4.69) is 0 Å². The Labute approximate surface area is 125 Å². The molecule has 5 heteroatoms. The highest BCUT2D eigenvalue weighted by molar-refractivity contribution is 5.75. The van der Waals surface area contributed by atoms with Crippen LogP contribution in [0.1, 0.15) is 39.6 Å². The molecule has 1 atom stereocenters. The number of halogens is 3. The topological polar surface area (TPSA) is 26.3 Å². The summed E-state index contributed by atoms with van der Waals surface area (Å²) >= 11 is 0.